The van der Waals surface area contributed by atoms with Crippen molar-refractivity contribution in [1.29, 1.82) is 0 Å². The Kier molecular flexibility index (Phi) is 6.03. The van der Waals surface area contributed by atoms with Crippen molar-refractivity contribution < 1.29 is 19.2 Å². The third-order valence-corrected chi connectivity index (χ3v) is 5.12. The van der Waals surface area contributed by atoms with Crippen LogP contribution >= 0.6 is 11.8 Å². The molecule has 1 aliphatic heterocycles. The Hall–Kier alpha value is -3.13. The predicted octanol–water partition coefficient (Wildman–Crippen LogP) is 4.42. The molecule has 150 valence electrons. The van der Waals surface area contributed by atoms with Gasteiger partial charge in [-0.1, -0.05) is 6.92 Å². The molecule has 0 saturated heterocycles. The summed E-state index contributed by atoms with van der Waals surface area (Å²) in [6, 6.07) is 12.4. The van der Waals surface area contributed by atoms with E-state index in [4.69, 9.17) is 4.74 Å². The number of amides is 2. The zero-order chi connectivity index (χ0) is 21.1. The van der Waals surface area contributed by atoms with Crippen LogP contribution in [0.1, 0.15) is 26.3 Å². The minimum atomic E-state index is -0.505. The molecule has 2 amide bonds. The number of nitro benzene ring substituents is 1. The molecule has 0 spiro atoms. The highest BCUT2D eigenvalue weighted by Gasteiger charge is 2.40. The van der Waals surface area contributed by atoms with Gasteiger partial charge in [-0.15, -0.1) is 11.8 Å². The third-order valence-electron chi connectivity index (χ3n) is 4.16. The minimum Gasteiger partial charge on any atom is -0.491 e. The summed E-state index contributed by atoms with van der Waals surface area (Å²) in [6.45, 7) is 5.72. The predicted molar refractivity (Wildman–Crippen MR) is 113 cm³/mol. The van der Waals surface area contributed by atoms with Crippen molar-refractivity contribution in [3.05, 3.63) is 69.1 Å². The molecule has 0 bridgehead atoms. The summed E-state index contributed by atoms with van der Waals surface area (Å²) >= 11 is 1.28. The Morgan fingerprint density at radius 2 is 1.66 bits per heavy atom. The van der Waals surface area contributed by atoms with Gasteiger partial charge in [0.2, 0.25) is 0 Å². The first-order valence-corrected chi connectivity index (χ1v) is 10.1. The molecule has 0 radical (unpaired) electrons. The van der Waals surface area contributed by atoms with Crippen molar-refractivity contribution in [2.45, 2.75) is 26.9 Å². The molecule has 0 N–H and O–H groups in total. The van der Waals surface area contributed by atoms with Crippen molar-refractivity contribution in [3.63, 3.8) is 0 Å². The monoisotopic (exact) mass is 412 g/mol. The van der Waals surface area contributed by atoms with Crippen LogP contribution in [0.2, 0.25) is 0 Å². The van der Waals surface area contributed by atoms with Crippen molar-refractivity contribution >= 4 is 40.5 Å². The fourth-order valence-corrected chi connectivity index (χ4v) is 3.83. The SMILES string of the molecule is CCSC1=C(c2ccc([N+](=O)[O-])cc2)C(=O)N(c2ccc(OC(C)C)cc2)C1=O. The van der Waals surface area contributed by atoms with Gasteiger partial charge in [0.15, 0.2) is 0 Å². The van der Waals surface area contributed by atoms with Crippen molar-refractivity contribution in [1.82, 2.24) is 0 Å². The van der Waals surface area contributed by atoms with Gasteiger partial charge in [-0.25, -0.2) is 4.90 Å². The van der Waals surface area contributed by atoms with Gasteiger partial charge in [0.1, 0.15) is 5.75 Å². The van der Waals surface area contributed by atoms with Gasteiger partial charge in [0.05, 0.1) is 27.2 Å². The molecule has 29 heavy (non-hydrogen) atoms. The fourth-order valence-electron chi connectivity index (χ4n) is 2.97. The molecule has 0 unspecified atom stereocenters. The van der Waals surface area contributed by atoms with Gasteiger partial charge in [0, 0.05) is 12.1 Å². The lowest BCUT2D eigenvalue weighted by atomic mass is 10.1. The van der Waals surface area contributed by atoms with Gasteiger partial charge >= 0.3 is 0 Å². The average molecular weight is 412 g/mol. The van der Waals surface area contributed by atoms with Crippen LogP contribution < -0.4 is 9.64 Å². The largest absolute Gasteiger partial charge is 0.491 e. The number of anilines is 1. The second-order valence-electron chi connectivity index (χ2n) is 6.55. The lowest BCUT2D eigenvalue weighted by Gasteiger charge is -2.16. The van der Waals surface area contributed by atoms with Crippen LogP contribution in [-0.2, 0) is 9.59 Å². The van der Waals surface area contributed by atoms with Crippen LogP contribution in [0.5, 0.6) is 5.75 Å². The number of nitro groups is 1. The van der Waals surface area contributed by atoms with E-state index in [0.717, 1.165) is 4.90 Å². The smallest absolute Gasteiger partial charge is 0.272 e. The Bertz CT molecular complexity index is 981. The molecule has 0 aromatic heterocycles. The maximum atomic E-state index is 13.2. The number of hydrogen-bond donors (Lipinski definition) is 0. The highest BCUT2D eigenvalue weighted by atomic mass is 32.2. The molecule has 0 aliphatic carbocycles. The second kappa shape index (κ2) is 8.48. The normalized spacial score (nSPS) is 14.1. The Labute approximate surface area is 172 Å². The molecule has 2 aromatic carbocycles. The van der Waals surface area contributed by atoms with Gasteiger partial charge in [-0.2, -0.15) is 0 Å². The van der Waals surface area contributed by atoms with Crippen molar-refractivity contribution in [2.24, 2.45) is 0 Å². The number of rotatable bonds is 7. The lowest BCUT2D eigenvalue weighted by Crippen LogP contribution is -2.31. The third kappa shape index (κ3) is 4.17. The second-order valence-corrected chi connectivity index (χ2v) is 7.82. The van der Waals surface area contributed by atoms with Gasteiger partial charge in [-0.3, -0.25) is 19.7 Å². The Balaban J connectivity index is 1.97. The van der Waals surface area contributed by atoms with E-state index in [-0.39, 0.29) is 17.4 Å². The van der Waals surface area contributed by atoms with Gasteiger partial charge < -0.3 is 4.74 Å². The summed E-state index contributed by atoms with van der Waals surface area (Å²) in [4.78, 5) is 38.0. The number of carbonyl (C=O) groups is 2. The summed E-state index contributed by atoms with van der Waals surface area (Å²) in [7, 11) is 0. The summed E-state index contributed by atoms with van der Waals surface area (Å²) in [5.41, 5.74) is 1.11. The van der Waals surface area contributed by atoms with E-state index in [1.54, 1.807) is 24.3 Å². The first-order chi connectivity index (χ1) is 13.8. The summed E-state index contributed by atoms with van der Waals surface area (Å²) in [5, 5.41) is 10.9. The number of benzene rings is 2. The first kappa shape index (κ1) is 20.6. The van der Waals surface area contributed by atoms with E-state index in [9.17, 15) is 19.7 Å². The molecule has 7 nitrogen and oxygen atoms in total. The number of ether oxygens (including phenoxy) is 1. The quantitative estimate of drug-likeness (QED) is 0.380. The number of imide groups is 1. The highest BCUT2D eigenvalue weighted by molar-refractivity contribution is 8.04. The molecule has 8 heteroatoms. The van der Waals surface area contributed by atoms with E-state index < -0.39 is 16.7 Å². The first-order valence-electron chi connectivity index (χ1n) is 9.10. The fraction of sp³-hybridized carbons (Fsp3) is 0.238. The van der Waals surface area contributed by atoms with Crippen LogP contribution in [0.4, 0.5) is 11.4 Å². The van der Waals surface area contributed by atoms with Crippen LogP contribution in [0, 0.1) is 10.1 Å². The molecule has 1 heterocycles. The molecule has 0 fully saturated rings. The Morgan fingerprint density at radius 1 is 1.03 bits per heavy atom. The maximum Gasteiger partial charge on any atom is 0.272 e. The average Bonchev–Trinajstić information content (AvgIpc) is 2.92. The molecular formula is C21H20N2O5S. The molecule has 2 aromatic rings. The number of carbonyl (C=O) groups excluding carboxylic acids is 2. The van der Waals surface area contributed by atoms with Crippen LogP contribution in [0.3, 0.4) is 0 Å². The molecule has 3 rings (SSSR count). The van der Waals surface area contributed by atoms with E-state index in [1.807, 2.05) is 20.8 Å². The standard InChI is InChI=1S/C21H20N2O5S/c1-4-29-19-18(14-5-7-16(8-6-14)23(26)27)20(24)22(21(19)25)15-9-11-17(12-10-15)28-13(2)3/h5-13H,4H2,1-3H3. The van der Waals surface area contributed by atoms with E-state index in [1.165, 1.54) is 36.0 Å². The minimum absolute atomic E-state index is 0.0128. The van der Waals surface area contributed by atoms with E-state index >= 15 is 0 Å². The number of hydrogen-bond acceptors (Lipinski definition) is 6. The molecule has 0 atom stereocenters. The van der Waals surface area contributed by atoms with Crippen LogP contribution in [0.15, 0.2) is 53.4 Å². The zero-order valence-corrected chi connectivity index (χ0v) is 17.1. The molecular weight excluding hydrogens is 392 g/mol. The van der Waals surface area contributed by atoms with Crippen LogP contribution in [-0.4, -0.2) is 28.6 Å². The van der Waals surface area contributed by atoms with Gasteiger partial charge in [0.25, 0.3) is 17.5 Å². The molecule has 0 saturated carbocycles. The zero-order valence-electron chi connectivity index (χ0n) is 16.2. The van der Waals surface area contributed by atoms with Crippen molar-refractivity contribution in [2.75, 3.05) is 10.7 Å². The van der Waals surface area contributed by atoms with E-state index in [2.05, 4.69) is 0 Å². The summed E-state index contributed by atoms with van der Waals surface area (Å²) < 4.78 is 5.61. The number of non-ortho nitro benzene ring substituents is 1. The summed E-state index contributed by atoms with van der Waals surface area (Å²) in [5.74, 6) is 0.416. The van der Waals surface area contributed by atoms with Crippen molar-refractivity contribution in [3.8, 4) is 5.75 Å². The Morgan fingerprint density at radius 3 is 2.17 bits per heavy atom. The summed E-state index contributed by atoms with van der Waals surface area (Å²) in [6.07, 6.45) is 0.0128. The molecule has 1 aliphatic rings. The number of nitrogens with zero attached hydrogens (tertiary/aromatic N) is 2. The van der Waals surface area contributed by atoms with Gasteiger partial charge in [-0.05, 0) is 61.6 Å². The van der Waals surface area contributed by atoms with Crippen LogP contribution in [0.25, 0.3) is 5.57 Å². The maximum absolute atomic E-state index is 13.2. The number of thioether (sulfide) groups is 1. The van der Waals surface area contributed by atoms with E-state index in [0.29, 0.717) is 27.7 Å². The highest BCUT2D eigenvalue weighted by Crippen LogP contribution is 2.39. The lowest BCUT2D eigenvalue weighted by molar-refractivity contribution is -0.384. The topological polar surface area (TPSA) is 89.8 Å².